The topological polar surface area (TPSA) is 72.7 Å². The van der Waals surface area contributed by atoms with Gasteiger partial charge in [-0.1, -0.05) is 53.8 Å². The molecule has 4 aromatic rings. The highest BCUT2D eigenvalue weighted by Crippen LogP contribution is 2.26. The summed E-state index contributed by atoms with van der Waals surface area (Å²) in [5.41, 5.74) is 2.66. The number of nitrogens with zero attached hydrogens (tertiary/aromatic N) is 4. The van der Waals surface area contributed by atoms with E-state index in [1.54, 1.807) is 24.7 Å². The first-order chi connectivity index (χ1) is 12.8. The Balaban J connectivity index is 1.42. The Morgan fingerprint density at radius 2 is 1.85 bits per heavy atom. The number of anilines is 1. The summed E-state index contributed by atoms with van der Waals surface area (Å²) in [6.07, 6.45) is 5.41. The van der Waals surface area contributed by atoms with Crippen molar-refractivity contribution in [1.82, 2.24) is 19.7 Å². The molecule has 0 bridgehead atoms. The van der Waals surface area contributed by atoms with Crippen LogP contribution in [0.2, 0.25) is 0 Å². The second-order valence-corrected chi connectivity index (χ2v) is 6.64. The number of carbonyl (C=O) groups excluding carboxylic acids is 1. The third-order valence-electron chi connectivity index (χ3n) is 3.81. The van der Waals surface area contributed by atoms with Crippen molar-refractivity contribution in [2.45, 2.75) is 6.54 Å². The van der Waals surface area contributed by atoms with E-state index in [1.165, 1.54) is 11.3 Å². The van der Waals surface area contributed by atoms with E-state index in [1.807, 2.05) is 53.2 Å². The van der Waals surface area contributed by atoms with Crippen molar-refractivity contribution in [2.75, 3.05) is 5.32 Å². The lowest BCUT2D eigenvalue weighted by molar-refractivity contribution is 0.102. The van der Waals surface area contributed by atoms with Gasteiger partial charge >= 0.3 is 0 Å². The summed E-state index contributed by atoms with van der Waals surface area (Å²) in [7, 11) is 0. The maximum atomic E-state index is 12.4. The fourth-order valence-electron chi connectivity index (χ4n) is 2.49. The molecule has 0 spiro atoms. The molecule has 0 aliphatic heterocycles. The van der Waals surface area contributed by atoms with E-state index in [2.05, 4.69) is 20.5 Å². The molecule has 0 atom stereocenters. The van der Waals surface area contributed by atoms with Gasteiger partial charge in [0.25, 0.3) is 5.91 Å². The molecule has 7 heteroatoms. The van der Waals surface area contributed by atoms with Crippen molar-refractivity contribution < 1.29 is 4.79 Å². The first-order valence-corrected chi connectivity index (χ1v) is 8.84. The molecule has 1 N–H and O–H groups in total. The predicted molar refractivity (Wildman–Crippen MR) is 101 cm³/mol. The van der Waals surface area contributed by atoms with Gasteiger partial charge in [0.2, 0.25) is 5.13 Å². The van der Waals surface area contributed by atoms with Crippen molar-refractivity contribution in [2.24, 2.45) is 0 Å². The molecule has 0 fully saturated rings. The van der Waals surface area contributed by atoms with Crippen molar-refractivity contribution in [3.63, 3.8) is 0 Å². The Morgan fingerprint density at radius 3 is 2.58 bits per heavy atom. The van der Waals surface area contributed by atoms with Crippen LogP contribution in [-0.2, 0) is 6.54 Å². The van der Waals surface area contributed by atoms with E-state index >= 15 is 0 Å². The van der Waals surface area contributed by atoms with Crippen molar-refractivity contribution in [3.05, 3.63) is 84.4 Å². The van der Waals surface area contributed by atoms with E-state index in [0.717, 1.165) is 22.7 Å². The molecule has 0 saturated carbocycles. The first kappa shape index (κ1) is 16.2. The molecule has 1 amide bonds. The van der Waals surface area contributed by atoms with Gasteiger partial charge in [0.05, 0.1) is 6.33 Å². The van der Waals surface area contributed by atoms with Gasteiger partial charge in [-0.2, -0.15) is 0 Å². The van der Waals surface area contributed by atoms with E-state index in [-0.39, 0.29) is 5.91 Å². The summed E-state index contributed by atoms with van der Waals surface area (Å²) in [5.74, 6) is -0.199. The highest BCUT2D eigenvalue weighted by molar-refractivity contribution is 7.18. The highest BCUT2D eigenvalue weighted by Gasteiger charge is 2.11. The number of nitrogens with one attached hydrogen (secondary N) is 1. The van der Waals surface area contributed by atoms with Crippen LogP contribution in [0.3, 0.4) is 0 Å². The SMILES string of the molecule is O=C(Nc1nnc(-c2ccccc2)s1)c1ccc(Cn2ccnc2)cc1. The molecule has 0 radical (unpaired) electrons. The molecule has 0 saturated heterocycles. The fourth-order valence-corrected chi connectivity index (χ4v) is 3.24. The summed E-state index contributed by atoms with van der Waals surface area (Å²) in [6, 6.07) is 17.2. The predicted octanol–water partition coefficient (Wildman–Crippen LogP) is 3.70. The maximum Gasteiger partial charge on any atom is 0.257 e. The largest absolute Gasteiger partial charge is 0.333 e. The van der Waals surface area contributed by atoms with E-state index in [9.17, 15) is 4.79 Å². The van der Waals surface area contributed by atoms with E-state index in [4.69, 9.17) is 0 Å². The summed E-state index contributed by atoms with van der Waals surface area (Å²) >= 11 is 1.35. The highest BCUT2D eigenvalue weighted by atomic mass is 32.1. The average Bonchev–Trinajstić information content (AvgIpc) is 3.35. The second-order valence-electron chi connectivity index (χ2n) is 5.66. The molecule has 2 aromatic heterocycles. The van der Waals surface area contributed by atoms with Crippen LogP contribution in [0.15, 0.2) is 73.3 Å². The zero-order chi connectivity index (χ0) is 17.8. The standard InChI is InChI=1S/C19H15N5OS/c25-17(15-8-6-14(7-9-15)12-24-11-10-20-13-24)21-19-23-22-18(26-19)16-4-2-1-3-5-16/h1-11,13H,12H2,(H,21,23,25). The Morgan fingerprint density at radius 1 is 1.04 bits per heavy atom. The van der Waals surface area contributed by atoms with Crippen LogP contribution in [-0.4, -0.2) is 25.7 Å². The number of imidazole rings is 1. The number of hydrogen-bond donors (Lipinski definition) is 1. The van der Waals surface area contributed by atoms with Crippen molar-refractivity contribution in [1.29, 1.82) is 0 Å². The van der Waals surface area contributed by atoms with Crippen LogP contribution < -0.4 is 5.32 Å². The number of hydrogen-bond acceptors (Lipinski definition) is 5. The minimum absolute atomic E-state index is 0.199. The number of amides is 1. The lowest BCUT2D eigenvalue weighted by atomic mass is 10.1. The molecule has 0 aliphatic rings. The molecule has 128 valence electrons. The lowest BCUT2D eigenvalue weighted by Crippen LogP contribution is -2.11. The first-order valence-electron chi connectivity index (χ1n) is 8.03. The molecule has 0 unspecified atom stereocenters. The van der Waals surface area contributed by atoms with Gasteiger partial charge in [0.1, 0.15) is 5.01 Å². The zero-order valence-corrected chi connectivity index (χ0v) is 14.6. The van der Waals surface area contributed by atoms with E-state index in [0.29, 0.717) is 10.7 Å². The van der Waals surface area contributed by atoms with Crippen LogP contribution in [0.1, 0.15) is 15.9 Å². The summed E-state index contributed by atoms with van der Waals surface area (Å²) in [4.78, 5) is 16.4. The zero-order valence-electron chi connectivity index (χ0n) is 13.7. The minimum Gasteiger partial charge on any atom is -0.333 e. The van der Waals surface area contributed by atoms with Gasteiger partial charge in [-0.05, 0) is 17.7 Å². The number of carbonyl (C=O) groups is 1. The number of aromatic nitrogens is 4. The van der Waals surface area contributed by atoms with Crippen molar-refractivity contribution >= 4 is 22.4 Å². The van der Waals surface area contributed by atoms with Gasteiger partial charge in [0, 0.05) is 30.1 Å². The normalized spacial score (nSPS) is 10.6. The molecular weight excluding hydrogens is 346 g/mol. The van der Waals surface area contributed by atoms with Crippen molar-refractivity contribution in [3.8, 4) is 10.6 Å². The summed E-state index contributed by atoms with van der Waals surface area (Å²) < 4.78 is 1.97. The van der Waals surface area contributed by atoms with Gasteiger partial charge in [0.15, 0.2) is 0 Å². The Kier molecular flexibility index (Phi) is 4.53. The molecule has 6 nitrogen and oxygen atoms in total. The molecule has 2 heterocycles. The third-order valence-corrected chi connectivity index (χ3v) is 4.69. The fraction of sp³-hybridized carbons (Fsp3) is 0.0526. The van der Waals surface area contributed by atoms with E-state index < -0.39 is 0 Å². The van der Waals surface area contributed by atoms with Gasteiger partial charge in [-0.15, -0.1) is 10.2 Å². The molecule has 2 aromatic carbocycles. The average molecular weight is 361 g/mol. The van der Waals surface area contributed by atoms with Crippen LogP contribution in [0.25, 0.3) is 10.6 Å². The van der Waals surface area contributed by atoms with Crippen LogP contribution >= 0.6 is 11.3 Å². The molecule has 0 aliphatic carbocycles. The lowest BCUT2D eigenvalue weighted by Gasteiger charge is -2.05. The van der Waals surface area contributed by atoms with Crippen LogP contribution in [0.4, 0.5) is 5.13 Å². The number of benzene rings is 2. The summed E-state index contributed by atoms with van der Waals surface area (Å²) in [6.45, 7) is 0.721. The van der Waals surface area contributed by atoms with Crippen LogP contribution in [0.5, 0.6) is 0 Å². The monoisotopic (exact) mass is 361 g/mol. The Bertz CT molecular complexity index is 994. The van der Waals surface area contributed by atoms with Gasteiger partial charge < -0.3 is 4.57 Å². The smallest absolute Gasteiger partial charge is 0.257 e. The van der Waals surface area contributed by atoms with Gasteiger partial charge in [-0.25, -0.2) is 4.98 Å². The molecule has 4 rings (SSSR count). The molecule has 26 heavy (non-hydrogen) atoms. The quantitative estimate of drug-likeness (QED) is 0.588. The summed E-state index contributed by atoms with van der Waals surface area (Å²) in [5, 5.41) is 12.2. The molecular formula is C19H15N5OS. The second kappa shape index (κ2) is 7.28. The van der Waals surface area contributed by atoms with Gasteiger partial charge in [-0.3, -0.25) is 10.1 Å². The number of rotatable bonds is 5. The third kappa shape index (κ3) is 3.68. The minimum atomic E-state index is -0.199. The van der Waals surface area contributed by atoms with Crippen LogP contribution in [0, 0.1) is 0 Å². The maximum absolute atomic E-state index is 12.4. The Hall–Kier alpha value is -3.32. The Labute approximate surface area is 154 Å².